The molecule has 0 fully saturated rings. The van der Waals surface area contributed by atoms with Crippen molar-refractivity contribution >= 4 is 27.5 Å². The number of carbonyl (C=O) groups is 1. The average molecular weight is 342 g/mol. The number of nitrogens with zero attached hydrogens (tertiary/aromatic N) is 2. The van der Waals surface area contributed by atoms with Crippen molar-refractivity contribution in [2.24, 2.45) is 0 Å². The number of amides is 1. The van der Waals surface area contributed by atoms with Crippen LogP contribution in [-0.2, 0) is 6.54 Å². The minimum absolute atomic E-state index is 0.0495. The molecule has 0 aliphatic rings. The third kappa shape index (κ3) is 2.91. The first-order chi connectivity index (χ1) is 11.5. The van der Waals surface area contributed by atoms with Crippen LogP contribution in [0.25, 0.3) is 10.2 Å². The molecule has 24 heavy (non-hydrogen) atoms. The molecule has 0 radical (unpaired) electrons. The van der Waals surface area contributed by atoms with Gasteiger partial charge in [-0.25, -0.2) is 0 Å². The van der Waals surface area contributed by atoms with E-state index in [1.54, 1.807) is 23.3 Å². The van der Waals surface area contributed by atoms with Gasteiger partial charge >= 0.3 is 0 Å². The number of ether oxygens (including phenoxy) is 1. The summed E-state index contributed by atoms with van der Waals surface area (Å²) in [5.41, 5.74) is 2.90. The summed E-state index contributed by atoms with van der Waals surface area (Å²) in [6, 6.07) is 12.1. The van der Waals surface area contributed by atoms with Crippen LogP contribution in [0, 0.1) is 6.92 Å². The van der Waals surface area contributed by atoms with E-state index in [1.165, 1.54) is 4.88 Å². The van der Waals surface area contributed by atoms with Crippen LogP contribution >= 0.6 is 11.3 Å². The molecule has 0 saturated carbocycles. The number of methoxy groups -OCH3 is 1. The van der Waals surface area contributed by atoms with Gasteiger partial charge in [0.2, 0.25) is 0 Å². The average Bonchev–Trinajstić information content (AvgIpc) is 3.11. The largest absolute Gasteiger partial charge is 0.496 e. The standard InChI is InChI=1S/C19H22N2O2S/c1-5-20(3)19(22)16-11-18-15(10-13(2)24-18)21(16)12-14-8-6-7-9-17(14)23-4/h6-11H,5,12H2,1-4H3. The fourth-order valence-corrected chi connectivity index (χ4v) is 3.82. The van der Waals surface area contributed by atoms with Gasteiger partial charge in [-0.15, -0.1) is 11.3 Å². The Kier molecular flexibility index (Phi) is 4.62. The highest BCUT2D eigenvalue weighted by molar-refractivity contribution is 7.19. The van der Waals surface area contributed by atoms with E-state index in [0.29, 0.717) is 13.1 Å². The lowest BCUT2D eigenvalue weighted by molar-refractivity contribution is 0.0793. The highest BCUT2D eigenvalue weighted by atomic mass is 32.1. The number of carbonyl (C=O) groups excluding carboxylic acids is 1. The Labute approximate surface area is 146 Å². The molecule has 0 spiro atoms. The predicted octanol–water partition coefficient (Wildman–Crippen LogP) is 4.16. The SMILES string of the molecule is CCN(C)C(=O)c1cc2sc(C)cc2n1Cc1ccccc1OC. The molecule has 2 heterocycles. The number of para-hydroxylation sites is 1. The van der Waals surface area contributed by atoms with Gasteiger partial charge in [0, 0.05) is 24.0 Å². The van der Waals surface area contributed by atoms with Crippen LogP contribution in [0.15, 0.2) is 36.4 Å². The maximum atomic E-state index is 12.8. The van der Waals surface area contributed by atoms with E-state index >= 15 is 0 Å². The van der Waals surface area contributed by atoms with Gasteiger partial charge in [-0.05, 0) is 32.0 Å². The molecule has 0 aliphatic heterocycles. The number of fused-ring (bicyclic) bond motifs is 1. The molecular weight excluding hydrogens is 320 g/mol. The monoisotopic (exact) mass is 342 g/mol. The van der Waals surface area contributed by atoms with Crippen LogP contribution in [0.3, 0.4) is 0 Å². The van der Waals surface area contributed by atoms with Crippen molar-refractivity contribution in [3.05, 3.63) is 52.5 Å². The first kappa shape index (κ1) is 16.6. The molecule has 0 saturated heterocycles. The van der Waals surface area contributed by atoms with Gasteiger partial charge in [0.05, 0.1) is 23.9 Å². The highest BCUT2D eigenvalue weighted by Crippen LogP contribution is 2.31. The fraction of sp³-hybridized carbons (Fsp3) is 0.316. The van der Waals surface area contributed by atoms with Crippen molar-refractivity contribution in [3.8, 4) is 5.75 Å². The summed E-state index contributed by atoms with van der Waals surface area (Å²) in [6.07, 6.45) is 0. The summed E-state index contributed by atoms with van der Waals surface area (Å²) in [4.78, 5) is 15.8. The molecule has 3 aromatic rings. The topological polar surface area (TPSA) is 34.5 Å². The maximum Gasteiger partial charge on any atom is 0.270 e. The summed E-state index contributed by atoms with van der Waals surface area (Å²) in [6.45, 7) is 5.38. The molecule has 0 atom stereocenters. The molecule has 1 aromatic carbocycles. The Morgan fingerprint density at radius 2 is 2.04 bits per heavy atom. The molecule has 126 valence electrons. The lowest BCUT2D eigenvalue weighted by Crippen LogP contribution is -2.28. The Morgan fingerprint density at radius 3 is 2.75 bits per heavy atom. The van der Waals surface area contributed by atoms with E-state index in [-0.39, 0.29) is 5.91 Å². The molecule has 4 nitrogen and oxygen atoms in total. The van der Waals surface area contributed by atoms with Crippen LogP contribution < -0.4 is 4.74 Å². The maximum absolute atomic E-state index is 12.8. The second-order valence-corrected chi connectivity index (χ2v) is 7.14. The molecule has 2 aromatic heterocycles. The van der Waals surface area contributed by atoms with Crippen LogP contribution in [0.4, 0.5) is 0 Å². The number of aryl methyl sites for hydroxylation is 1. The second kappa shape index (κ2) is 6.69. The van der Waals surface area contributed by atoms with Crippen LogP contribution in [0.5, 0.6) is 5.75 Å². The second-order valence-electron chi connectivity index (χ2n) is 5.85. The number of hydrogen-bond donors (Lipinski definition) is 0. The Hall–Kier alpha value is -2.27. The molecule has 3 rings (SSSR count). The van der Waals surface area contributed by atoms with Crippen molar-refractivity contribution in [2.45, 2.75) is 20.4 Å². The van der Waals surface area contributed by atoms with Crippen molar-refractivity contribution < 1.29 is 9.53 Å². The molecule has 0 N–H and O–H groups in total. The van der Waals surface area contributed by atoms with E-state index in [4.69, 9.17) is 4.74 Å². The number of rotatable bonds is 5. The van der Waals surface area contributed by atoms with Gasteiger partial charge < -0.3 is 14.2 Å². The van der Waals surface area contributed by atoms with Crippen LogP contribution in [0.2, 0.25) is 0 Å². The highest BCUT2D eigenvalue weighted by Gasteiger charge is 2.20. The van der Waals surface area contributed by atoms with Gasteiger partial charge in [-0.3, -0.25) is 4.79 Å². The summed E-state index contributed by atoms with van der Waals surface area (Å²) in [5, 5.41) is 0. The smallest absolute Gasteiger partial charge is 0.270 e. The molecular formula is C19H22N2O2S. The predicted molar refractivity (Wildman–Crippen MR) is 99.3 cm³/mol. The van der Waals surface area contributed by atoms with Gasteiger partial charge in [0.1, 0.15) is 11.4 Å². The summed E-state index contributed by atoms with van der Waals surface area (Å²) in [7, 11) is 3.51. The number of benzene rings is 1. The molecule has 0 bridgehead atoms. The normalized spacial score (nSPS) is 11.0. The summed E-state index contributed by atoms with van der Waals surface area (Å²) >= 11 is 1.72. The van der Waals surface area contributed by atoms with E-state index in [1.807, 2.05) is 44.3 Å². The van der Waals surface area contributed by atoms with Crippen molar-refractivity contribution in [1.29, 1.82) is 0 Å². The van der Waals surface area contributed by atoms with Crippen molar-refractivity contribution in [1.82, 2.24) is 9.47 Å². The zero-order valence-corrected chi connectivity index (χ0v) is 15.3. The number of thiophene rings is 1. The quantitative estimate of drug-likeness (QED) is 0.698. The first-order valence-electron chi connectivity index (χ1n) is 8.02. The fourth-order valence-electron chi connectivity index (χ4n) is 2.86. The van der Waals surface area contributed by atoms with E-state index < -0.39 is 0 Å². The molecule has 5 heteroatoms. The van der Waals surface area contributed by atoms with E-state index in [0.717, 1.165) is 27.2 Å². The number of hydrogen-bond acceptors (Lipinski definition) is 3. The lowest BCUT2D eigenvalue weighted by Gasteiger charge is -2.17. The molecule has 1 amide bonds. The minimum atomic E-state index is 0.0495. The van der Waals surface area contributed by atoms with Crippen LogP contribution in [0.1, 0.15) is 27.9 Å². The molecule has 0 unspecified atom stereocenters. The third-order valence-electron chi connectivity index (χ3n) is 4.27. The van der Waals surface area contributed by atoms with E-state index in [2.05, 4.69) is 17.6 Å². The Morgan fingerprint density at radius 1 is 1.29 bits per heavy atom. The van der Waals surface area contributed by atoms with Crippen molar-refractivity contribution in [2.75, 3.05) is 20.7 Å². The third-order valence-corrected chi connectivity index (χ3v) is 5.26. The first-order valence-corrected chi connectivity index (χ1v) is 8.83. The van der Waals surface area contributed by atoms with Gasteiger partial charge in [-0.1, -0.05) is 18.2 Å². The van der Waals surface area contributed by atoms with E-state index in [9.17, 15) is 4.79 Å². The van der Waals surface area contributed by atoms with Gasteiger partial charge in [0.15, 0.2) is 0 Å². The van der Waals surface area contributed by atoms with Crippen molar-refractivity contribution in [3.63, 3.8) is 0 Å². The molecule has 0 aliphatic carbocycles. The zero-order chi connectivity index (χ0) is 17.3. The Balaban J connectivity index is 2.11. The van der Waals surface area contributed by atoms with Crippen LogP contribution in [-0.4, -0.2) is 36.1 Å². The number of aromatic nitrogens is 1. The summed E-state index contributed by atoms with van der Waals surface area (Å²) < 4.78 is 8.73. The van der Waals surface area contributed by atoms with Gasteiger partial charge in [0.25, 0.3) is 5.91 Å². The van der Waals surface area contributed by atoms with Gasteiger partial charge in [-0.2, -0.15) is 0 Å². The minimum Gasteiger partial charge on any atom is -0.496 e. The Bertz CT molecular complexity index is 879. The zero-order valence-electron chi connectivity index (χ0n) is 14.5. The lowest BCUT2D eigenvalue weighted by atomic mass is 10.2. The summed E-state index contributed by atoms with van der Waals surface area (Å²) in [5.74, 6) is 0.891.